The Morgan fingerprint density at radius 2 is 2.33 bits per heavy atom. The second-order valence-corrected chi connectivity index (χ2v) is 5.43. The van der Waals surface area contributed by atoms with Crippen molar-refractivity contribution in [3.8, 4) is 0 Å². The van der Waals surface area contributed by atoms with Crippen LogP contribution in [0, 0.1) is 5.92 Å². The first-order valence-electron chi connectivity index (χ1n) is 5.76. The molecule has 1 saturated heterocycles. The van der Waals surface area contributed by atoms with Gasteiger partial charge >= 0.3 is 0 Å². The lowest BCUT2D eigenvalue weighted by Gasteiger charge is -2.35. The van der Waals surface area contributed by atoms with E-state index in [9.17, 15) is 4.79 Å². The van der Waals surface area contributed by atoms with Crippen LogP contribution in [0.4, 0.5) is 0 Å². The summed E-state index contributed by atoms with van der Waals surface area (Å²) in [5, 5.41) is 0. The Morgan fingerprint density at radius 1 is 1.60 bits per heavy atom. The van der Waals surface area contributed by atoms with Crippen LogP contribution < -0.4 is 5.73 Å². The number of likely N-dealkylation sites (tertiary alicyclic amines) is 1. The molecule has 0 spiro atoms. The molecule has 0 aliphatic carbocycles. The molecule has 3 nitrogen and oxygen atoms in total. The van der Waals surface area contributed by atoms with Crippen molar-refractivity contribution in [2.45, 2.75) is 32.7 Å². The summed E-state index contributed by atoms with van der Waals surface area (Å²) in [5.41, 5.74) is 5.92. The van der Waals surface area contributed by atoms with Crippen LogP contribution in [0.15, 0.2) is 0 Å². The first-order chi connectivity index (χ1) is 7.15. The Morgan fingerprint density at radius 3 is 2.93 bits per heavy atom. The summed E-state index contributed by atoms with van der Waals surface area (Å²) in [4.78, 5) is 13.8. The zero-order valence-corrected chi connectivity index (χ0v) is 10.6. The summed E-state index contributed by atoms with van der Waals surface area (Å²) in [7, 11) is 0. The normalized spacial score (nSPS) is 26.7. The van der Waals surface area contributed by atoms with E-state index >= 15 is 0 Å². The second kappa shape index (κ2) is 6.38. The summed E-state index contributed by atoms with van der Waals surface area (Å²) in [6.45, 7) is 5.95. The van der Waals surface area contributed by atoms with Gasteiger partial charge in [-0.1, -0.05) is 13.8 Å². The molecule has 88 valence electrons. The largest absolute Gasteiger partial charge is 0.342 e. The number of thioether (sulfide) groups is 1. The number of nitrogens with zero attached hydrogens (tertiary/aromatic N) is 1. The van der Waals surface area contributed by atoms with Gasteiger partial charge in [-0.3, -0.25) is 4.79 Å². The summed E-state index contributed by atoms with van der Waals surface area (Å²) >= 11 is 1.73. The molecule has 1 aliphatic heterocycles. The molecular formula is C11H22N2OS. The molecule has 0 aromatic rings. The molecule has 4 heteroatoms. The third kappa shape index (κ3) is 4.03. The van der Waals surface area contributed by atoms with E-state index < -0.39 is 0 Å². The summed E-state index contributed by atoms with van der Waals surface area (Å²) in [5.74, 6) is 2.44. The number of hydrogen-bond donors (Lipinski definition) is 1. The summed E-state index contributed by atoms with van der Waals surface area (Å²) < 4.78 is 0. The van der Waals surface area contributed by atoms with Crippen molar-refractivity contribution in [3.63, 3.8) is 0 Å². The molecule has 1 rings (SSSR count). The lowest BCUT2D eigenvalue weighted by molar-refractivity contribution is -0.130. The van der Waals surface area contributed by atoms with Crippen LogP contribution in [0.3, 0.4) is 0 Å². The number of rotatable bonds is 4. The van der Waals surface area contributed by atoms with Gasteiger partial charge in [-0.2, -0.15) is 11.8 Å². The Hall–Kier alpha value is -0.220. The molecule has 2 atom stereocenters. The van der Waals surface area contributed by atoms with Gasteiger partial charge in [0.2, 0.25) is 5.91 Å². The number of hydrogen-bond acceptors (Lipinski definition) is 3. The number of carbonyl (C=O) groups excluding carboxylic acids is 1. The van der Waals surface area contributed by atoms with Crippen LogP contribution in [0.25, 0.3) is 0 Å². The molecule has 0 saturated carbocycles. The van der Waals surface area contributed by atoms with Gasteiger partial charge in [-0.05, 0) is 24.5 Å². The van der Waals surface area contributed by atoms with E-state index in [0.29, 0.717) is 11.7 Å². The van der Waals surface area contributed by atoms with Crippen molar-refractivity contribution in [1.82, 2.24) is 4.90 Å². The van der Waals surface area contributed by atoms with Gasteiger partial charge in [0.25, 0.3) is 0 Å². The van der Waals surface area contributed by atoms with Crippen LogP contribution in [0.1, 0.15) is 26.7 Å². The fourth-order valence-electron chi connectivity index (χ4n) is 1.79. The minimum Gasteiger partial charge on any atom is -0.342 e. The zero-order chi connectivity index (χ0) is 11.3. The van der Waals surface area contributed by atoms with Gasteiger partial charge in [0.1, 0.15) is 0 Å². The van der Waals surface area contributed by atoms with Crippen LogP contribution in [-0.2, 0) is 4.79 Å². The van der Waals surface area contributed by atoms with Crippen LogP contribution in [0.2, 0.25) is 0 Å². The number of amides is 1. The van der Waals surface area contributed by atoms with Crippen LogP contribution >= 0.6 is 11.8 Å². The third-order valence-electron chi connectivity index (χ3n) is 2.90. The quantitative estimate of drug-likeness (QED) is 0.741. The predicted molar refractivity (Wildman–Crippen MR) is 66.0 cm³/mol. The van der Waals surface area contributed by atoms with E-state index in [1.807, 2.05) is 4.90 Å². The number of nitrogens with two attached hydrogens (primary N) is 1. The molecule has 15 heavy (non-hydrogen) atoms. The molecule has 0 aromatic carbocycles. The predicted octanol–water partition coefficient (Wildman–Crippen LogP) is 1.33. The SMILES string of the molecule is CCCSCC(=O)N1CCC(N)C(C)C1. The van der Waals surface area contributed by atoms with Crippen molar-refractivity contribution < 1.29 is 4.79 Å². The van der Waals surface area contributed by atoms with Crippen LogP contribution in [-0.4, -0.2) is 41.4 Å². The van der Waals surface area contributed by atoms with Crippen molar-refractivity contribution in [2.24, 2.45) is 11.7 Å². The van der Waals surface area contributed by atoms with E-state index in [2.05, 4.69) is 13.8 Å². The lowest BCUT2D eigenvalue weighted by atomic mass is 9.95. The fourth-order valence-corrected chi connectivity index (χ4v) is 2.58. The van der Waals surface area contributed by atoms with E-state index in [4.69, 9.17) is 5.73 Å². The molecular weight excluding hydrogens is 208 g/mol. The molecule has 0 aromatic heterocycles. The fraction of sp³-hybridized carbons (Fsp3) is 0.909. The highest BCUT2D eigenvalue weighted by molar-refractivity contribution is 7.99. The van der Waals surface area contributed by atoms with Crippen molar-refractivity contribution in [2.75, 3.05) is 24.6 Å². The van der Waals surface area contributed by atoms with Crippen molar-refractivity contribution in [1.29, 1.82) is 0 Å². The molecule has 2 N–H and O–H groups in total. The van der Waals surface area contributed by atoms with Gasteiger partial charge in [-0.15, -0.1) is 0 Å². The van der Waals surface area contributed by atoms with E-state index in [0.717, 1.165) is 31.7 Å². The molecule has 1 aliphatic rings. The first kappa shape index (κ1) is 12.8. The topological polar surface area (TPSA) is 46.3 Å². The van der Waals surface area contributed by atoms with Crippen LogP contribution in [0.5, 0.6) is 0 Å². The molecule has 0 bridgehead atoms. The van der Waals surface area contributed by atoms with E-state index in [-0.39, 0.29) is 11.9 Å². The Kier molecular flexibility index (Phi) is 5.47. The Bertz CT molecular complexity index is 211. The smallest absolute Gasteiger partial charge is 0.232 e. The maximum Gasteiger partial charge on any atom is 0.232 e. The van der Waals surface area contributed by atoms with Gasteiger partial charge < -0.3 is 10.6 Å². The third-order valence-corrected chi connectivity index (χ3v) is 4.05. The number of carbonyl (C=O) groups is 1. The van der Waals surface area contributed by atoms with Gasteiger partial charge in [0.05, 0.1) is 5.75 Å². The highest BCUT2D eigenvalue weighted by Gasteiger charge is 2.25. The average molecular weight is 230 g/mol. The Labute approximate surface area is 96.8 Å². The summed E-state index contributed by atoms with van der Waals surface area (Å²) in [6, 6.07) is 0.275. The van der Waals surface area contributed by atoms with E-state index in [1.54, 1.807) is 11.8 Å². The highest BCUT2D eigenvalue weighted by atomic mass is 32.2. The maximum absolute atomic E-state index is 11.8. The monoisotopic (exact) mass is 230 g/mol. The molecule has 1 amide bonds. The summed E-state index contributed by atoms with van der Waals surface area (Å²) in [6.07, 6.45) is 2.09. The standard InChI is InChI=1S/C11H22N2OS/c1-3-6-15-8-11(14)13-5-4-10(12)9(2)7-13/h9-10H,3-8,12H2,1-2H3. The molecule has 2 unspecified atom stereocenters. The minimum atomic E-state index is 0.275. The Balaban J connectivity index is 2.28. The molecule has 1 heterocycles. The van der Waals surface area contributed by atoms with Gasteiger partial charge in [-0.25, -0.2) is 0 Å². The minimum absolute atomic E-state index is 0.275. The average Bonchev–Trinajstić information content (AvgIpc) is 2.22. The van der Waals surface area contributed by atoms with Gasteiger partial charge in [0.15, 0.2) is 0 Å². The van der Waals surface area contributed by atoms with Crippen molar-refractivity contribution >= 4 is 17.7 Å². The van der Waals surface area contributed by atoms with Crippen molar-refractivity contribution in [3.05, 3.63) is 0 Å². The zero-order valence-electron chi connectivity index (χ0n) is 9.74. The lowest BCUT2D eigenvalue weighted by Crippen LogP contribution is -2.48. The maximum atomic E-state index is 11.8. The second-order valence-electron chi connectivity index (χ2n) is 4.32. The highest BCUT2D eigenvalue weighted by Crippen LogP contribution is 2.16. The first-order valence-corrected chi connectivity index (χ1v) is 6.91. The molecule has 1 fully saturated rings. The molecule has 0 radical (unpaired) electrons. The number of piperidine rings is 1. The van der Waals surface area contributed by atoms with E-state index in [1.165, 1.54) is 0 Å². The van der Waals surface area contributed by atoms with Gasteiger partial charge in [0, 0.05) is 19.1 Å².